The molecule has 0 amide bonds. The summed E-state index contributed by atoms with van der Waals surface area (Å²) in [6.45, 7) is 6.84. The molecule has 0 spiro atoms. The topological polar surface area (TPSA) is 91.1 Å². The Morgan fingerprint density at radius 1 is 1.28 bits per heavy atom. The van der Waals surface area contributed by atoms with Gasteiger partial charge in [0, 0.05) is 13.1 Å². The Kier molecular flexibility index (Phi) is 3.91. The molecule has 7 nitrogen and oxygen atoms in total. The molecule has 0 aromatic carbocycles. The van der Waals surface area contributed by atoms with Crippen molar-refractivity contribution in [2.45, 2.75) is 45.6 Å². The lowest BCUT2D eigenvalue weighted by molar-refractivity contribution is 0.0127. The molecule has 2 aromatic rings. The van der Waals surface area contributed by atoms with Crippen molar-refractivity contribution < 1.29 is 4.74 Å². The van der Waals surface area contributed by atoms with Gasteiger partial charge in [-0.1, -0.05) is 6.92 Å². The molecule has 2 aromatic heterocycles. The zero-order valence-corrected chi connectivity index (χ0v) is 14.7. The Bertz CT molecular complexity index is 905. The number of fused-ring (bicyclic) bond motifs is 1. The minimum Gasteiger partial charge on any atom is -0.378 e. The molecule has 134 valence electrons. The molecule has 0 unspecified atom stereocenters. The summed E-state index contributed by atoms with van der Waals surface area (Å²) in [5.74, 6) is 0.835. The number of aromatic amines is 2. The standard InChI is InChI=1S/C18H24N4O3/c1-11-9-13-14(20-17(24)21-16(13)23)19-15(11)22-7-3-12(4-8-22)25-10-18(2)5-6-18/h9,12H,3-8,10H2,1-2H3,(H2,19,20,21,23,24). The minimum atomic E-state index is -0.527. The number of H-pyrrole nitrogens is 2. The van der Waals surface area contributed by atoms with Crippen LogP contribution < -0.4 is 16.1 Å². The molecule has 1 aliphatic carbocycles. The minimum absolute atomic E-state index is 0.317. The molecule has 0 bridgehead atoms. The maximum atomic E-state index is 11.9. The molecule has 3 heterocycles. The Hall–Kier alpha value is -2.15. The highest BCUT2D eigenvalue weighted by Crippen LogP contribution is 2.45. The largest absolute Gasteiger partial charge is 0.378 e. The van der Waals surface area contributed by atoms with Crippen LogP contribution in [0.15, 0.2) is 15.7 Å². The molecular weight excluding hydrogens is 320 g/mol. The van der Waals surface area contributed by atoms with Crippen molar-refractivity contribution in [1.82, 2.24) is 15.0 Å². The van der Waals surface area contributed by atoms with E-state index in [0.29, 0.717) is 22.6 Å². The molecule has 1 saturated carbocycles. The van der Waals surface area contributed by atoms with Crippen molar-refractivity contribution in [2.24, 2.45) is 5.41 Å². The summed E-state index contributed by atoms with van der Waals surface area (Å²) in [6.07, 6.45) is 4.83. The van der Waals surface area contributed by atoms with Crippen molar-refractivity contribution in [2.75, 3.05) is 24.6 Å². The Morgan fingerprint density at radius 3 is 2.68 bits per heavy atom. The van der Waals surface area contributed by atoms with E-state index in [-0.39, 0.29) is 0 Å². The smallest absolute Gasteiger partial charge is 0.327 e. The predicted octanol–water partition coefficient (Wildman–Crippen LogP) is 1.71. The Morgan fingerprint density at radius 2 is 2.00 bits per heavy atom. The van der Waals surface area contributed by atoms with E-state index in [4.69, 9.17) is 4.74 Å². The van der Waals surface area contributed by atoms with Gasteiger partial charge in [-0.15, -0.1) is 0 Å². The van der Waals surface area contributed by atoms with Gasteiger partial charge in [-0.25, -0.2) is 9.78 Å². The first-order valence-corrected chi connectivity index (χ1v) is 8.94. The van der Waals surface area contributed by atoms with Crippen LogP contribution in [0.4, 0.5) is 5.82 Å². The van der Waals surface area contributed by atoms with Crippen LogP contribution in [0.25, 0.3) is 11.0 Å². The van der Waals surface area contributed by atoms with Gasteiger partial charge in [0.2, 0.25) is 0 Å². The molecule has 2 fully saturated rings. The SMILES string of the molecule is Cc1cc2c(=O)[nH]c(=O)[nH]c2nc1N1CCC(OCC2(C)CC2)CC1. The summed E-state index contributed by atoms with van der Waals surface area (Å²) in [7, 11) is 0. The number of aryl methyl sites for hydroxylation is 1. The number of anilines is 1. The Labute approximate surface area is 145 Å². The first kappa shape index (κ1) is 16.3. The van der Waals surface area contributed by atoms with Gasteiger partial charge in [0.25, 0.3) is 5.56 Å². The van der Waals surface area contributed by atoms with Crippen LogP contribution >= 0.6 is 0 Å². The summed E-state index contributed by atoms with van der Waals surface area (Å²) in [5.41, 5.74) is 0.776. The third-order valence-corrected chi connectivity index (χ3v) is 5.40. The molecule has 1 aliphatic heterocycles. The summed E-state index contributed by atoms with van der Waals surface area (Å²) in [5, 5.41) is 0.414. The lowest BCUT2D eigenvalue weighted by atomic mass is 10.1. The number of hydrogen-bond donors (Lipinski definition) is 2. The second-order valence-electron chi connectivity index (χ2n) is 7.74. The first-order valence-electron chi connectivity index (χ1n) is 8.94. The molecule has 7 heteroatoms. The van der Waals surface area contributed by atoms with Gasteiger partial charge >= 0.3 is 5.69 Å². The lowest BCUT2D eigenvalue weighted by Gasteiger charge is -2.34. The van der Waals surface area contributed by atoms with Gasteiger partial charge in [-0.05, 0) is 49.7 Å². The van der Waals surface area contributed by atoms with E-state index in [1.165, 1.54) is 12.8 Å². The maximum Gasteiger partial charge on any atom is 0.327 e. The van der Waals surface area contributed by atoms with Crippen LogP contribution in [0.1, 0.15) is 38.2 Å². The zero-order valence-electron chi connectivity index (χ0n) is 14.7. The number of nitrogens with zero attached hydrogens (tertiary/aromatic N) is 2. The molecule has 0 atom stereocenters. The Balaban J connectivity index is 1.49. The molecule has 2 N–H and O–H groups in total. The average Bonchev–Trinajstić information content (AvgIpc) is 3.32. The van der Waals surface area contributed by atoms with Crippen LogP contribution in [0, 0.1) is 12.3 Å². The summed E-state index contributed by atoms with van der Waals surface area (Å²) >= 11 is 0. The van der Waals surface area contributed by atoms with Crippen LogP contribution in [-0.4, -0.2) is 40.8 Å². The summed E-state index contributed by atoms with van der Waals surface area (Å²) in [6, 6.07) is 1.79. The van der Waals surface area contributed by atoms with Crippen LogP contribution in [0.5, 0.6) is 0 Å². The third-order valence-electron chi connectivity index (χ3n) is 5.40. The van der Waals surface area contributed by atoms with Crippen molar-refractivity contribution in [3.8, 4) is 0 Å². The van der Waals surface area contributed by atoms with Gasteiger partial charge in [0.05, 0.1) is 18.1 Å². The highest BCUT2D eigenvalue weighted by atomic mass is 16.5. The third kappa shape index (κ3) is 3.33. The van der Waals surface area contributed by atoms with E-state index < -0.39 is 11.2 Å². The van der Waals surface area contributed by atoms with E-state index in [9.17, 15) is 9.59 Å². The highest BCUT2D eigenvalue weighted by Gasteiger charge is 2.38. The van der Waals surface area contributed by atoms with Crippen molar-refractivity contribution >= 4 is 16.9 Å². The van der Waals surface area contributed by atoms with Gasteiger partial charge in [-0.3, -0.25) is 14.8 Å². The van der Waals surface area contributed by atoms with E-state index in [1.807, 2.05) is 6.92 Å². The molecule has 4 rings (SSSR count). The van der Waals surface area contributed by atoms with Gasteiger partial charge < -0.3 is 9.64 Å². The number of pyridine rings is 1. The van der Waals surface area contributed by atoms with E-state index in [0.717, 1.165) is 43.9 Å². The number of hydrogen-bond acceptors (Lipinski definition) is 5. The number of nitrogens with one attached hydrogen (secondary N) is 2. The quantitative estimate of drug-likeness (QED) is 0.881. The molecule has 25 heavy (non-hydrogen) atoms. The van der Waals surface area contributed by atoms with Crippen molar-refractivity contribution in [1.29, 1.82) is 0 Å². The molecule has 2 aliphatic rings. The number of piperidine rings is 1. The van der Waals surface area contributed by atoms with Gasteiger partial charge in [0.15, 0.2) is 0 Å². The van der Waals surface area contributed by atoms with Crippen LogP contribution in [0.2, 0.25) is 0 Å². The van der Waals surface area contributed by atoms with Crippen LogP contribution in [0.3, 0.4) is 0 Å². The first-order chi connectivity index (χ1) is 11.9. The molecule has 1 saturated heterocycles. The van der Waals surface area contributed by atoms with Gasteiger partial charge in [-0.2, -0.15) is 0 Å². The normalized spacial score (nSPS) is 20.2. The number of aromatic nitrogens is 3. The monoisotopic (exact) mass is 344 g/mol. The van der Waals surface area contributed by atoms with E-state index >= 15 is 0 Å². The second kappa shape index (κ2) is 5.98. The zero-order chi connectivity index (χ0) is 17.6. The molecule has 0 radical (unpaired) electrons. The fourth-order valence-electron chi connectivity index (χ4n) is 3.41. The number of rotatable bonds is 4. The maximum absolute atomic E-state index is 11.9. The summed E-state index contributed by atoms with van der Waals surface area (Å²) in [4.78, 5) is 35.0. The second-order valence-corrected chi connectivity index (χ2v) is 7.74. The number of ether oxygens (including phenoxy) is 1. The fraction of sp³-hybridized carbons (Fsp3) is 0.611. The average molecular weight is 344 g/mol. The fourth-order valence-corrected chi connectivity index (χ4v) is 3.41. The van der Waals surface area contributed by atoms with Crippen LogP contribution in [-0.2, 0) is 4.74 Å². The predicted molar refractivity (Wildman–Crippen MR) is 96.2 cm³/mol. The lowest BCUT2D eigenvalue weighted by Crippen LogP contribution is -2.38. The summed E-state index contributed by atoms with van der Waals surface area (Å²) < 4.78 is 6.09. The van der Waals surface area contributed by atoms with E-state index in [2.05, 4.69) is 26.8 Å². The van der Waals surface area contributed by atoms with Crippen molar-refractivity contribution in [3.63, 3.8) is 0 Å². The van der Waals surface area contributed by atoms with E-state index in [1.54, 1.807) is 6.07 Å². The van der Waals surface area contributed by atoms with Crippen molar-refractivity contribution in [3.05, 3.63) is 32.5 Å². The molecular formula is C18H24N4O3. The highest BCUT2D eigenvalue weighted by molar-refractivity contribution is 5.77. The van der Waals surface area contributed by atoms with Gasteiger partial charge in [0.1, 0.15) is 11.5 Å².